The summed E-state index contributed by atoms with van der Waals surface area (Å²) < 4.78 is 27.4. The Hall–Kier alpha value is -2.22. The van der Waals surface area contributed by atoms with Crippen LogP contribution in [0.15, 0.2) is 59.5 Å². The van der Waals surface area contributed by atoms with Gasteiger partial charge in [0, 0.05) is 39.3 Å². The van der Waals surface area contributed by atoms with Crippen molar-refractivity contribution in [1.29, 1.82) is 0 Å². The van der Waals surface area contributed by atoms with E-state index in [1.807, 2.05) is 30.3 Å². The highest BCUT2D eigenvalue weighted by molar-refractivity contribution is 7.89. The molecule has 2 rings (SSSR count). The lowest BCUT2D eigenvalue weighted by Gasteiger charge is -2.22. The molecule has 0 unspecified atom stereocenters. The lowest BCUT2D eigenvalue weighted by Crippen LogP contribution is -2.37. The summed E-state index contributed by atoms with van der Waals surface area (Å²) in [5, 5.41) is 0. The Kier molecular flexibility index (Phi) is 6.90. The van der Waals surface area contributed by atoms with Crippen LogP contribution in [0.4, 0.5) is 0 Å². The Morgan fingerprint density at radius 1 is 1.00 bits per heavy atom. The molecule has 0 spiro atoms. The maximum absolute atomic E-state index is 13.0. The Bertz CT molecular complexity index is 836. The number of sulfonamides is 1. The summed E-state index contributed by atoms with van der Waals surface area (Å²) in [5.74, 6) is -0.239. The first kappa shape index (κ1) is 20.1. The molecule has 0 aromatic heterocycles. The van der Waals surface area contributed by atoms with Gasteiger partial charge in [-0.1, -0.05) is 36.4 Å². The van der Waals surface area contributed by atoms with E-state index in [9.17, 15) is 13.2 Å². The van der Waals surface area contributed by atoms with Crippen LogP contribution in [-0.4, -0.2) is 57.3 Å². The molecule has 0 aliphatic rings. The van der Waals surface area contributed by atoms with Gasteiger partial charge in [-0.3, -0.25) is 4.79 Å². The number of benzene rings is 2. The van der Waals surface area contributed by atoms with Crippen LogP contribution in [0.5, 0.6) is 0 Å². The monoisotopic (exact) mass is 375 g/mol. The molecule has 2 N–H and O–H groups in total. The summed E-state index contributed by atoms with van der Waals surface area (Å²) in [7, 11) is -0.474. The molecule has 0 bridgehead atoms. The standard InChI is InChI=1S/C19H25N3O3S/c1-21(2)19(23)17-9-6-10-18(15-17)26(24,25)22(14-12-20)13-11-16-7-4-3-5-8-16/h3-10,15H,11-14,20H2,1-2H3. The van der Waals surface area contributed by atoms with Crippen molar-refractivity contribution in [2.45, 2.75) is 11.3 Å². The third-order valence-electron chi connectivity index (χ3n) is 4.00. The third-order valence-corrected chi connectivity index (χ3v) is 5.89. The molecule has 0 atom stereocenters. The summed E-state index contributed by atoms with van der Waals surface area (Å²) in [6.07, 6.45) is 0.594. The quantitative estimate of drug-likeness (QED) is 0.759. The first-order valence-corrected chi connectivity index (χ1v) is 9.86. The molecule has 7 heteroatoms. The van der Waals surface area contributed by atoms with Gasteiger partial charge in [0.15, 0.2) is 0 Å². The molecule has 140 valence electrons. The molecule has 1 amide bonds. The van der Waals surface area contributed by atoms with E-state index in [1.54, 1.807) is 26.2 Å². The second kappa shape index (κ2) is 8.93. The molecular formula is C19H25N3O3S. The van der Waals surface area contributed by atoms with Gasteiger partial charge in [-0.05, 0) is 30.2 Å². The van der Waals surface area contributed by atoms with Gasteiger partial charge in [-0.15, -0.1) is 0 Å². The van der Waals surface area contributed by atoms with E-state index in [4.69, 9.17) is 5.73 Å². The normalized spacial score (nSPS) is 11.5. The van der Waals surface area contributed by atoms with Crippen molar-refractivity contribution in [3.05, 3.63) is 65.7 Å². The Morgan fingerprint density at radius 3 is 2.31 bits per heavy atom. The van der Waals surface area contributed by atoms with Crippen LogP contribution in [0.2, 0.25) is 0 Å². The van der Waals surface area contributed by atoms with Gasteiger partial charge in [-0.2, -0.15) is 4.31 Å². The fraction of sp³-hybridized carbons (Fsp3) is 0.316. The predicted octanol–water partition coefficient (Wildman–Crippen LogP) is 1.58. The van der Waals surface area contributed by atoms with Crippen molar-refractivity contribution >= 4 is 15.9 Å². The largest absolute Gasteiger partial charge is 0.345 e. The lowest BCUT2D eigenvalue weighted by atomic mass is 10.1. The highest BCUT2D eigenvalue weighted by atomic mass is 32.2. The summed E-state index contributed by atoms with van der Waals surface area (Å²) in [4.78, 5) is 13.6. The smallest absolute Gasteiger partial charge is 0.253 e. The molecule has 0 heterocycles. The van der Waals surface area contributed by atoms with Crippen LogP contribution in [0.1, 0.15) is 15.9 Å². The number of carbonyl (C=O) groups is 1. The second-order valence-electron chi connectivity index (χ2n) is 6.16. The number of rotatable bonds is 8. The van der Waals surface area contributed by atoms with Crippen molar-refractivity contribution in [2.75, 3.05) is 33.7 Å². The molecule has 0 aliphatic carbocycles. The van der Waals surface area contributed by atoms with Crippen molar-refractivity contribution in [2.24, 2.45) is 5.73 Å². The fourth-order valence-corrected chi connectivity index (χ4v) is 4.09. The minimum absolute atomic E-state index is 0.103. The zero-order valence-corrected chi connectivity index (χ0v) is 15.9. The van der Waals surface area contributed by atoms with Gasteiger partial charge in [0.1, 0.15) is 0 Å². The first-order chi connectivity index (χ1) is 12.4. The molecule has 0 saturated heterocycles. The van der Waals surface area contributed by atoms with E-state index in [-0.39, 0.29) is 23.9 Å². The van der Waals surface area contributed by atoms with E-state index in [2.05, 4.69) is 0 Å². The Labute approximate surface area is 155 Å². The zero-order valence-electron chi connectivity index (χ0n) is 15.1. The number of hydrogen-bond acceptors (Lipinski definition) is 4. The summed E-state index contributed by atoms with van der Waals surface area (Å²) in [5.41, 5.74) is 7.02. The molecule has 0 fully saturated rings. The van der Waals surface area contributed by atoms with Crippen LogP contribution >= 0.6 is 0 Å². The minimum Gasteiger partial charge on any atom is -0.345 e. The van der Waals surface area contributed by atoms with Crippen molar-refractivity contribution in [3.63, 3.8) is 0 Å². The highest BCUT2D eigenvalue weighted by Gasteiger charge is 2.24. The topological polar surface area (TPSA) is 83.7 Å². The second-order valence-corrected chi connectivity index (χ2v) is 8.09. The predicted molar refractivity (Wildman–Crippen MR) is 102 cm³/mol. The number of hydrogen-bond donors (Lipinski definition) is 1. The third kappa shape index (κ3) is 4.91. The number of nitrogens with zero attached hydrogens (tertiary/aromatic N) is 2. The lowest BCUT2D eigenvalue weighted by molar-refractivity contribution is 0.0827. The number of carbonyl (C=O) groups excluding carboxylic acids is 1. The molecule has 2 aromatic rings. The van der Waals surface area contributed by atoms with Gasteiger partial charge in [-0.25, -0.2) is 8.42 Å². The number of nitrogens with two attached hydrogens (primary N) is 1. The van der Waals surface area contributed by atoms with E-state index >= 15 is 0 Å². The van der Waals surface area contributed by atoms with E-state index in [0.717, 1.165) is 5.56 Å². The zero-order chi connectivity index (χ0) is 19.2. The summed E-state index contributed by atoms with van der Waals surface area (Å²) >= 11 is 0. The van der Waals surface area contributed by atoms with Crippen LogP contribution in [0.25, 0.3) is 0 Å². The molecule has 0 saturated carbocycles. The van der Waals surface area contributed by atoms with E-state index in [0.29, 0.717) is 18.5 Å². The van der Waals surface area contributed by atoms with Crippen LogP contribution in [0.3, 0.4) is 0 Å². The van der Waals surface area contributed by atoms with Gasteiger partial charge in [0.25, 0.3) is 5.91 Å². The maximum atomic E-state index is 13.0. The van der Waals surface area contributed by atoms with E-state index in [1.165, 1.54) is 21.3 Å². The average molecular weight is 375 g/mol. The molecule has 26 heavy (non-hydrogen) atoms. The first-order valence-electron chi connectivity index (χ1n) is 8.42. The van der Waals surface area contributed by atoms with Crippen LogP contribution < -0.4 is 5.73 Å². The van der Waals surface area contributed by atoms with Gasteiger partial charge < -0.3 is 10.6 Å². The van der Waals surface area contributed by atoms with Gasteiger partial charge in [0.05, 0.1) is 4.90 Å². The van der Waals surface area contributed by atoms with Gasteiger partial charge >= 0.3 is 0 Å². The van der Waals surface area contributed by atoms with Gasteiger partial charge in [0.2, 0.25) is 10.0 Å². The van der Waals surface area contributed by atoms with E-state index < -0.39 is 10.0 Å². The van der Waals surface area contributed by atoms with Crippen molar-refractivity contribution in [1.82, 2.24) is 9.21 Å². The molecule has 0 aliphatic heterocycles. The van der Waals surface area contributed by atoms with Crippen LogP contribution in [-0.2, 0) is 16.4 Å². The molecule has 6 nitrogen and oxygen atoms in total. The van der Waals surface area contributed by atoms with Crippen molar-refractivity contribution < 1.29 is 13.2 Å². The SMILES string of the molecule is CN(C)C(=O)c1cccc(S(=O)(=O)N(CCN)CCc2ccccc2)c1. The number of amides is 1. The van der Waals surface area contributed by atoms with Crippen LogP contribution in [0, 0.1) is 0 Å². The Morgan fingerprint density at radius 2 is 1.69 bits per heavy atom. The molecular weight excluding hydrogens is 350 g/mol. The summed E-state index contributed by atoms with van der Waals surface area (Å²) in [6, 6.07) is 15.8. The summed E-state index contributed by atoms with van der Waals surface area (Å²) in [6.45, 7) is 0.779. The Balaban J connectivity index is 2.26. The average Bonchev–Trinajstić information content (AvgIpc) is 2.65. The minimum atomic E-state index is -3.73. The van der Waals surface area contributed by atoms with Crippen molar-refractivity contribution in [3.8, 4) is 0 Å². The highest BCUT2D eigenvalue weighted by Crippen LogP contribution is 2.18. The molecule has 2 aromatic carbocycles. The fourth-order valence-electron chi connectivity index (χ4n) is 2.59. The molecule has 0 radical (unpaired) electrons. The maximum Gasteiger partial charge on any atom is 0.253 e.